The van der Waals surface area contributed by atoms with Gasteiger partial charge in [-0.3, -0.25) is 0 Å². The molecule has 122 valence electrons. The van der Waals surface area contributed by atoms with Crippen LogP contribution in [0.1, 0.15) is 16.7 Å². The fourth-order valence-electron chi connectivity index (χ4n) is 2.28. The number of carbonyl (C=O) groups excluding carboxylic acids is 1. The molecule has 0 radical (unpaired) electrons. The fraction of sp³-hybridized carbons (Fsp3) is 0.111. The average Bonchev–Trinajstić information content (AvgIpc) is 2.88. The van der Waals surface area contributed by atoms with Gasteiger partial charge in [0, 0.05) is 0 Å². The highest BCUT2D eigenvalue weighted by Gasteiger charge is 2.26. The van der Waals surface area contributed by atoms with Gasteiger partial charge in [0.2, 0.25) is 5.90 Å². The minimum Gasteiger partial charge on any atom is -0.434 e. The highest BCUT2D eigenvalue weighted by Crippen LogP contribution is 2.26. The molecule has 0 saturated carbocycles. The highest BCUT2D eigenvalue weighted by molar-refractivity contribution is 6.13. The molecule has 2 aromatic carbocycles. The Hall–Kier alpha value is -3.02. The Kier molecular flexibility index (Phi) is 4.37. The monoisotopic (exact) mass is 329 g/mol. The molecule has 1 aliphatic rings. The van der Waals surface area contributed by atoms with Crippen molar-refractivity contribution < 1.29 is 23.0 Å². The van der Waals surface area contributed by atoms with Crippen molar-refractivity contribution in [1.82, 2.24) is 0 Å². The van der Waals surface area contributed by atoms with Gasteiger partial charge in [0.15, 0.2) is 5.70 Å². The summed E-state index contributed by atoms with van der Waals surface area (Å²) in [4.78, 5) is 16.1. The van der Waals surface area contributed by atoms with Gasteiger partial charge in [-0.25, -0.2) is 9.79 Å². The van der Waals surface area contributed by atoms with Gasteiger partial charge in [-0.05, 0) is 30.7 Å². The van der Waals surface area contributed by atoms with E-state index in [9.17, 15) is 13.6 Å². The number of benzene rings is 2. The summed E-state index contributed by atoms with van der Waals surface area (Å²) in [6.07, 6.45) is 1.58. The van der Waals surface area contributed by atoms with Gasteiger partial charge < -0.3 is 9.47 Å². The van der Waals surface area contributed by atoms with E-state index in [4.69, 9.17) is 4.74 Å². The van der Waals surface area contributed by atoms with Crippen LogP contribution in [0.15, 0.2) is 59.2 Å². The van der Waals surface area contributed by atoms with Crippen LogP contribution in [0, 0.1) is 6.92 Å². The average molecular weight is 329 g/mol. The maximum absolute atomic E-state index is 12.5. The molecule has 1 heterocycles. The molecule has 0 spiro atoms. The number of para-hydroxylation sites is 1. The number of aliphatic imine (C=N–C) groups is 1. The van der Waals surface area contributed by atoms with Gasteiger partial charge in [0.25, 0.3) is 0 Å². The first kappa shape index (κ1) is 15.9. The standard InChI is InChI=1S/C18H13F2NO3/c1-11-5-4-6-12(9-11)10-14-17(22)24-16(21-14)13-7-2-3-8-15(13)23-18(19)20/h2-10,18H,1H3. The molecule has 0 saturated heterocycles. The largest absolute Gasteiger partial charge is 0.434 e. The van der Waals surface area contributed by atoms with E-state index in [1.54, 1.807) is 18.2 Å². The molecular weight excluding hydrogens is 316 g/mol. The van der Waals surface area contributed by atoms with Gasteiger partial charge in [0.1, 0.15) is 5.75 Å². The second kappa shape index (κ2) is 6.62. The van der Waals surface area contributed by atoms with Gasteiger partial charge in [-0.2, -0.15) is 8.78 Å². The number of esters is 1. The van der Waals surface area contributed by atoms with E-state index in [1.807, 2.05) is 31.2 Å². The summed E-state index contributed by atoms with van der Waals surface area (Å²) in [6.45, 7) is -1.05. The normalized spacial score (nSPS) is 15.6. The third-order valence-electron chi connectivity index (χ3n) is 3.30. The topological polar surface area (TPSA) is 47.9 Å². The SMILES string of the molecule is Cc1cccc(C=C2N=C(c3ccccc3OC(F)F)OC2=O)c1. The molecule has 6 heteroatoms. The predicted octanol–water partition coefficient (Wildman–Crippen LogP) is 3.94. The number of aryl methyl sites for hydroxylation is 1. The van der Waals surface area contributed by atoms with Crippen molar-refractivity contribution in [3.8, 4) is 5.75 Å². The number of cyclic esters (lactones) is 1. The molecule has 0 aliphatic carbocycles. The Labute approximate surface area is 137 Å². The number of hydrogen-bond donors (Lipinski definition) is 0. The first-order chi connectivity index (χ1) is 11.5. The summed E-state index contributed by atoms with van der Waals surface area (Å²) < 4.78 is 34.5. The number of nitrogens with zero attached hydrogens (tertiary/aromatic N) is 1. The molecule has 0 atom stereocenters. The molecular formula is C18H13F2NO3. The van der Waals surface area contributed by atoms with Crippen LogP contribution in [-0.4, -0.2) is 18.5 Å². The number of halogens is 2. The lowest BCUT2D eigenvalue weighted by molar-refractivity contribution is -0.129. The van der Waals surface area contributed by atoms with E-state index < -0.39 is 12.6 Å². The van der Waals surface area contributed by atoms with E-state index in [-0.39, 0.29) is 22.9 Å². The zero-order valence-electron chi connectivity index (χ0n) is 12.7. The fourth-order valence-corrected chi connectivity index (χ4v) is 2.28. The maximum atomic E-state index is 12.5. The van der Waals surface area contributed by atoms with Crippen LogP contribution in [-0.2, 0) is 9.53 Å². The van der Waals surface area contributed by atoms with Crippen molar-refractivity contribution in [2.24, 2.45) is 4.99 Å². The number of ether oxygens (including phenoxy) is 2. The maximum Gasteiger partial charge on any atom is 0.387 e. The third-order valence-corrected chi connectivity index (χ3v) is 3.30. The van der Waals surface area contributed by atoms with E-state index in [2.05, 4.69) is 9.73 Å². The molecule has 0 N–H and O–H groups in total. The number of rotatable bonds is 4. The highest BCUT2D eigenvalue weighted by atomic mass is 19.3. The summed E-state index contributed by atoms with van der Waals surface area (Å²) in [6, 6.07) is 13.5. The van der Waals surface area contributed by atoms with Crippen LogP contribution >= 0.6 is 0 Å². The lowest BCUT2D eigenvalue weighted by Gasteiger charge is -2.08. The molecule has 3 rings (SSSR count). The molecule has 24 heavy (non-hydrogen) atoms. The Morgan fingerprint density at radius 2 is 1.96 bits per heavy atom. The first-order valence-electron chi connectivity index (χ1n) is 7.16. The number of hydrogen-bond acceptors (Lipinski definition) is 4. The van der Waals surface area contributed by atoms with Gasteiger partial charge in [0.05, 0.1) is 5.56 Å². The molecule has 4 nitrogen and oxygen atoms in total. The third kappa shape index (κ3) is 3.48. The van der Waals surface area contributed by atoms with Crippen LogP contribution in [0.5, 0.6) is 5.75 Å². The Bertz CT molecular complexity index is 844. The van der Waals surface area contributed by atoms with Gasteiger partial charge >= 0.3 is 12.6 Å². The number of alkyl halides is 2. The predicted molar refractivity (Wildman–Crippen MR) is 84.9 cm³/mol. The first-order valence-corrected chi connectivity index (χ1v) is 7.16. The zero-order chi connectivity index (χ0) is 17.1. The van der Waals surface area contributed by atoms with Crippen molar-refractivity contribution in [3.05, 3.63) is 70.9 Å². The second-order valence-corrected chi connectivity index (χ2v) is 5.12. The minimum absolute atomic E-state index is 0.0600. The van der Waals surface area contributed by atoms with Crippen LogP contribution in [0.4, 0.5) is 8.78 Å². The second-order valence-electron chi connectivity index (χ2n) is 5.12. The van der Waals surface area contributed by atoms with E-state index in [0.29, 0.717) is 0 Å². The lowest BCUT2D eigenvalue weighted by atomic mass is 10.1. The Morgan fingerprint density at radius 3 is 2.71 bits per heavy atom. The Morgan fingerprint density at radius 1 is 1.17 bits per heavy atom. The molecule has 0 amide bonds. The van der Waals surface area contributed by atoms with Crippen molar-refractivity contribution in [2.75, 3.05) is 0 Å². The summed E-state index contributed by atoms with van der Waals surface area (Å²) in [7, 11) is 0. The van der Waals surface area contributed by atoms with E-state index in [0.717, 1.165) is 11.1 Å². The van der Waals surface area contributed by atoms with Crippen molar-refractivity contribution >= 4 is 17.9 Å². The minimum atomic E-state index is -2.98. The summed E-state index contributed by atoms with van der Waals surface area (Å²) in [5, 5.41) is 0. The molecule has 0 bridgehead atoms. The van der Waals surface area contributed by atoms with E-state index >= 15 is 0 Å². The number of carbonyl (C=O) groups is 1. The van der Waals surface area contributed by atoms with Crippen molar-refractivity contribution in [2.45, 2.75) is 13.5 Å². The van der Waals surface area contributed by atoms with Crippen LogP contribution in [0.25, 0.3) is 6.08 Å². The van der Waals surface area contributed by atoms with Gasteiger partial charge in [-0.15, -0.1) is 0 Å². The van der Waals surface area contributed by atoms with Crippen LogP contribution in [0.2, 0.25) is 0 Å². The summed E-state index contributed by atoms with van der Waals surface area (Å²) in [5.41, 5.74) is 2.13. The smallest absolute Gasteiger partial charge is 0.387 e. The molecule has 1 aliphatic heterocycles. The zero-order valence-corrected chi connectivity index (χ0v) is 12.7. The van der Waals surface area contributed by atoms with Crippen LogP contribution < -0.4 is 4.74 Å². The van der Waals surface area contributed by atoms with Gasteiger partial charge in [-0.1, -0.05) is 42.0 Å². The van der Waals surface area contributed by atoms with E-state index in [1.165, 1.54) is 12.1 Å². The summed E-state index contributed by atoms with van der Waals surface area (Å²) >= 11 is 0. The van der Waals surface area contributed by atoms with Crippen molar-refractivity contribution in [3.63, 3.8) is 0 Å². The quantitative estimate of drug-likeness (QED) is 0.630. The molecule has 2 aromatic rings. The lowest BCUT2D eigenvalue weighted by Crippen LogP contribution is -2.10. The van der Waals surface area contributed by atoms with Crippen molar-refractivity contribution in [1.29, 1.82) is 0 Å². The molecule has 0 unspecified atom stereocenters. The summed E-state index contributed by atoms with van der Waals surface area (Å²) in [5.74, 6) is -0.802. The van der Waals surface area contributed by atoms with Crippen LogP contribution in [0.3, 0.4) is 0 Å². The Balaban J connectivity index is 1.95. The molecule has 0 aromatic heterocycles. The molecule has 0 fully saturated rings.